The minimum atomic E-state index is -1.26. The average molecular weight is 418 g/mol. The lowest BCUT2D eigenvalue weighted by atomic mass is 9.70. The predicted octanol–water partition coefficient (Wildman–Crippen LogP) is 3.32. The van der Waals surface area contributed by atoms with Gasteiger partial charge in [0.2, 0.25) is 11.8 Å². The molecule has 7 nitrogen and oxygen atoms in total. The summed E-state index contributed by atoms with van der Waals surface area (Å²) in [6.45, 7) is 8.28. The molecule has 1 saturated carbocycles. The summed E-state index contributed by atoms with van der Waals surface area (Å²) in [6, 6.07) is 8.04. The second kappa shape index (κ2) is 11.0. The summed E-state index contributed by atoms with van der Waals surface area (Å²) in [6.07, 6.45) is 1.85. The maximum absolute atomic E-state index is 13.0. The maximum Gasteiger partial charge on any atom is 0.405 e. The third-order valence-corrected chi connectivity index (χ3v) is 6.09. The van der Waals surface area contributed by atoms with Crippen molar-refractivity contribution in [3.63, 3.8) is 0 Å². The van der Waals surface area contributed by atoms with Crippen molar-refractivity contribution >= 4 is 17.9 Å². The van der Waals surface area contributed by atoms with Crippen LogP contribution in [0.1, 0.15) is 58.6 Å². The van der Waals surface area contributed by atoms with E-state index in [-0.39, 0.29) is 18.4 Å². The molecule has 0 bridgehead atoms. The Morgan fingerprint density at radius 3 is 2.33 bits per heavy atom. The van der Waals surface area contributed by atoms with Gasteiger partial charge < -0.3 is 21.1 Å². The lowest BCUT2D eigenvalue weighted by Crippen LogP contribution is -2.48. The van der Waals surface area contributed by atoms with Crippen LogP contribution in [0.15, 0.2) is 30.3 Å². The zero-order valence-corrected chi connectivity index (χ0v) is 18.4. The molecule has 1 aromatic carbocycles. The van der Waals surface area contributed by atoms with Gasteiger partial charge in [-0.25, -0.2) is 4.79 Å². The van der Waals surface area contributed by atoms with Gasteiger partial charge in [-0.05, 0) is 43.1 Å². The number of nitrogens with one attached hydrogen (secondary N) is 3. The van der Waals surface area contributed by atoms with Crippen LogP contribution < -0.4 is 16.0 Å². The Balaban J connectivity index is 2.07. The van der Waals surface area contributed by atoms with E-state index in [0.29, 0.717) is 17.8 Å². The SMILES string of the molecule is CC1CCC(C(C)C)C(C(=O)NCC(NC(=O)C(C)NC(=O)O)c2ccccc2)C1. The van der Waals surface area contributed by atoms with Crippen LogP contribution in [0.5, 0.6) is 0 Å². The van der Waals surface area contributed by atoms with Gasteiger partial charge in [0.25, 0.3) is 0 Å². The van der Waals surface area contributed by atoms with Crippen LogP contribution in [0.2, 0.25) is 0 Å². The molecule has 0 spiro atoms. The van der Waals surface area contributed by atoms with E-state index in [2.05, 4.69) is 36.7 Å². The summed E-state index contributed by atoms with van der Waals surface area (Å²) < 4.78 is 0. The molecule has 30 heavy (non-hydrogen) atoms. The van der Waals surface area contributed by atoms with Crippen molar-refractivity contribution < 1.29 is 19.5 Å². The molecule has 1 aromatic rings. The molecule has 2 rings (SSSR count). The maximum atomic E-state index is 13.0. The molecule has 1 aliphatic carbocycles. The quantitative estimate of drug-likeness (QED) is 0.520. The number of benzene rings is 1. The third-order valence-electron chi connectivity index (χ3n) is 6.09. The van der Waals surface area contributed by atoms with E-state index in [0.717, 1.165) is 24.8 Å². The van der Waals surface area contributed by atoms with Gasteiger partial charge in [0.1, 0.15) is 6.04 Å². The van der Waals surface area contributed by atoms with E-state index < -0.39 is 24.1 Å². The molecule has 0 radical (unpaired) electrons. The molecule has 7 heteroatoms. The first-order valence-electron chi connectivity index (χ1n) is 10.8. The van der Waals surface area contributed by atoms with Crippen LogP contribution in [-0.4, -0.2) is 35.6 Å². The topological polar surface area (TPSA) is 108 Å². The molecule has 166 valence electrons. The highest BCUT2D eigenvalue weighted by atomic mass is 16.4. The first-order chi connectivity index (χ1) is 14.2. The van der Waals surface area contributed by atoms with Crippen molar-refractivity contribution in [3.05, 3.63) is 35.9 Å². The van der Waals surface area contributed by atoms with E-state index in [1.54, 1.807) is 0 Å². The number of carboxylic acid groups (broad SMARTS) is 1. The van der Waals surface area contributed by atoms with Crippen molar-refractivity contribution in [2.75, 3.05) is 6.54 Å². The Kier molecular flexibility index (Phi) is 8.69. The molecule has 0 aliphatic heterocycles. The molecule has 0 heterocycles. The predicted molar refractivity (Wildman–Crippen MR) is 116 cm³/mol. The van der Waals surface area contributed by atoms with E-state index in [9.17, 15) is 14.4 Å². The van der Waals surface area contributed by atoms with E-state index in [4.69, 9.17) is 5.11 Å². The third kappa shape index (κ3) is 6.75. The molecule has 1 aliphatic rings. The number of rotatable bonds is 8. The fraction of sp³-hybridized carbons (Fsp3) is 0.609. The largest absolute Gasteiger partial charge is 0.465 e. The average Bonchev–Trinajstić information content (AvgIpc) is 2.70. The second-order valence-corrected chi connectivity index (χ2v) is 8.82. The van der Waals surface area contributed by atoms with E-state index in [1.807, 2.05) is 30.3 Å². The molecule has 5 unspecified atom stereocenters. The first kappa shape index (κ1) is 23.7. The fourth-order valence-corrected chi connectivity index (χ4v) is 4.32. The minimum absolute atomic E-state index is 0.0199. The molecule has 0 saturated heterocycles. The van der Waals surface area contributed by atoms with Gasteiger partial charge in [-0.3, -0.25) is 9.59 Å². The Morgan fingerprint density at radius 1 is 1.07 bits per heavy atom. The van der Waals surface area contributed by atoms with Crippen molar-refractivity contribution in [2.24, 2.45) is 23.7 Å². The summed E-state index contributed by atoms with van der Waals surface area (Å²) in [5.74, 6) is 0.919. The summed E-state index contributed by atoms with van der Waals surface area (Å²) in [4.78, 5) is 36.3. The van der Waals surface area contributed by atoms with Crippen LogP contribution in [0.25, 0.3) is 0 Å². The highest BCUT2D eigenvalue weighted by Gasteiger charge is 2.35. The molecule has 5 atom stereocenters. The zero-order valence-electron chi connectivity index (χ0n) is 18.4. The molecule has 4 N–H and O–H groups in total. The monoisotopic (exact) mass is 417 g/mol. The Hall–Kier alpha value is -2.57. The number of carbonyl (C=O) groups is 3. The molecule has 0 aromatic heterocycles. The Labute approximate surface area is 179 Å². The summed E-state index contributed by atoms with van der Waals surface area (Å²) in [5.41, 5.74) is 0.853. The number of hydrogen-bond acceptors (Lipinski definition) is 3. The highest BCUT2D eigenvalue weighted by Crippen LogP contribution is 2.38. The molecule has 3 amide bonds. The van der Waals surface area contributed by atoms with Gasteiger partial charge in [0.15, 0.2) is 0 Å². The van der Waals surface area contributed by atoms with Gasteiger partial charge in [-0.1, -0.05) is 57.5 Å². The number of hydrogen-bond donors (Lipinski definition) is 4. The van der Waals surface area contributed by atoms with E-state index >= 15 is 0 Å². The van der Waals surface area contributed by atoms with Gasteiger partial charge in [-0.2, -0.15) is 0 Å². The Morgan fingerprint density at radius 2 is 1.73 bits per heavy atom. The lowest BCUT2D eigenvalue weighted by molar-refractivity contribution is -0.130. The molecular formula is C23H35N3O4. The minimum Gasteiger partial charge on any atom is -0.465 e. The second-order valence-electron chi connectivity index (χ2n) is 8.82. The molecular weight excluding hydrogens is 382 g/mol. The van der Waals surface area contributed by atoms with Gasteiger partial charge in [0, 0.05) is 12.5 Å². The Bertz CT molecular complexity index is 722. The van der Waals surface area contributed by atoms with Crippen molar-refractivity contribution in [1.82, 2.24) is 16.0 Å². The highest BCUT2D eigenvalue weighted by molar-refractivity contribution is 5.85. The standard InChI is InChI=1S/C23H35N3O4/c1-14(2)18-11-10-15(3)12-19(18)22(28)24-13-20(17-8-6-5-7-9-17)26-21(27)16(4)25-23(29)30/h5-9,14-16,18-20,25H,10-13H2,1-4H3,(H,24,28)(H,26,27)(H,29,30). The van der Waals surface area contributed by atoms with Gasteiger partial charge in [0.05, 0.1) is 6.04 Å². The summed E-state index contributed by atoms with van der Waals surface area (Å²) in [5, 5.41) is 16.9. The van der Waals surface area contributed by atoms with Crippen LogP contribution in [0.4, 0.5) is 4.79 Å². The smallest absolute Gasteiger partial charge is 0.405 e. The first-order valence-corrected chi connectivity index (χ1v) is 10.8. The normalized spacial score (nSPS) is 23.3. The van der Waals surface area contributed by atoms with Crippen LogP contribution in [-0.2, 0) is 9.59 Å². The number of amides is 3. The van der Waals surface area contributed by atoms with Crippen LogP contribution >= 0.6 is 0 Å². The van der Waals surface area contributed by atoms with E-state index in [1.165, 1.54) is 6.92 Å². The summed E-state index contributed by atoms with van der Waals surface area (Å²) >= 11 is 0. The van der Waals surface area contributed by atoms with Crippen molar-refractivity contribution in [3.8, 4) is 0 Å². The summed E-state index contributed by atoms with van der Waals surface area (Å²) in [7, 11) is 0. The van der Waals surface area contributed by atoms with Gasteiger partial charge >= 0.3 is 6.09 Å². The van der Waals surface area contributed by atoms with Crippen LogP contribution in [0.3, 0.4) is 0 Å². The zero-order chi connectivity index (χ0) is 22.3. The number of carbonyl (C=O) groups excluding carboxylic acids is 2. The van der Waals surface area contributed by atoms with Crippen molar-refractivity contribution in [1.29, 1.82) is 0 Å². The lowest BCUT2D eigenvalue weighted by Gasteiger charge is -2.36. The van der Waals surface area contributed by atoms with Crippen LogP contribution in [0, 0.1) is 23.7 Å². The van der Waals surface area contributed by atoms with Gasteiger partial charge in [-0.15, -0.1) is 0 Å². The molecule has 1 fully saturated rings. The fourth-order valence-electron chi connectivity index (χ4n) is 4.32. The van der Waals surface area contributed by atoms with Crippen molar-refractivity contribution in [2.45, 2.75) is 59.0 Å².